The Labute approximate surface area is 231 Å². The molecule has 1 aromatic heterocycles. The van der Waals surface area contributed by atoms with E-state index in [0.717, 1.165) is 10.6 Å². The van der Waals surface area contributed by atoms with Gasteiger partial charge in [-0.2, -0.15) is 0 Å². The summed E-state index contributed by atoms with van der Waals surface area (Å²) in [6.45, 7) is 3.71. The third-order valence-corrected chi connectivity index (χ3v) is 5.97. The van der Waals surface area contributed by atoms with Gasteiger partial charge in [0.25, 0.3) is 0 Å². The standard InChI is InChI=1S/C22H28FN3O6S.Ca.2H/c1-13(2)20-18(10-9-16(27)11-17(28)12-19(29)30)21(14-5-7-15(23)8-6-14)25-22(24-20)26(3)33(4,31)32;;;/h5-10,13,16-17,27-28H,11-12H2,1-4H3,(H,29,30);;;/q;+2;2*-1/b10-9+;;;. The zero-order chi connectivity index (χ0) is 24.9. The van der Waals surface area contributed by atoms with E-state index in [4.69, 9.17) is 5.11 Å². The SMILES string of the molecule is CC(C)c1nc(N(C)S(C)(=O)=O)nc(-c2ccc(F)cc2)c1/C=C/C(O)CC(O)CC(=O)O.[Ca+2].[H-].[H-]. The first-order chi connectivity index (χ1) is 15.3. The van der Waals surface area contributed by atoms with Gasteiger partial charge >= 0.3 is 43.7 Å². The van der Waals surface area contributed by atoms with Crippen LogP contribution in [-0.4, -0.2) is 103 Å². The number of hydrogen-bond acceptors (Lipinski definition) is 7. The monoisotopic (exact) mass is 523 g/mol. The third-order valence-electron chi connectivity index (χ3n) is 4.82. The van der Waals surface area contributed by atoms with Gasteiger partial charge in [-0.25, -0.2) is 27.1 Å². The number of carboxylic acids is 1. The van der Waals surface area contributed by atoms with Gasteiger partial charge in [0.05, 0.1) is 36.3 Å². The van der Waals surface area contributed by atoms with Crippen LogP contribution in [0.5, 0.6) is 0 Å². The minimum Gasteiger partial charge on any atom is -1.00 e. The Hall–Kier alpha value is -1.63. The fourth-order valence-corrected chi connectivity index (χ4v) is 3.42. The number of aliphatic hydroxyl groups is 2. The second-order valence-electron chi connectivity index (χ2n) is 7.98. The van der Waals surface area contributed by atoms with E-state index in [-0.39, 0.29) is 58.9 Å². The van der Waals surface area contributed by atoms with E-state index in [1.807, 2.05) is 13.8 Å². The molecule has 0 fully saturated rings. The number of anilines is 1. The Morgan fingerprint density at radius 2 is 1.79 bits per heavy atom. The van der Waals surface area contributed by atoms with E-state index < -0.39 is 40.4 Å². The maximum Gasteiger partial charge on any atom is 2.00 e. The molecule has 12 heteroatoms. The molecule has 0 aliphatic rings. The normalized spacial score (nSPS) is 13.5. The first-order valence-corrected chi connectivity index (χ1v) is 12.0. The molecule has 0 bridgehead atoms. The molecule has 2 rings (SSSR count). The quantitative estimate of drug-likeness (QED) is 0.403. The van der Waals surface area contributed by atoms with E-state index in [1.165, 1.54) is 43.5 Å². The van der Waals surface area contributed by atoms with E-state index >= 15 is 0 Å². The second kappa shape index (κ2) is 12.9. The molecular formula is C22H30CaFN3O6S. The summed E-state index contributed by atoms with van der Waals surface area (Å²) in [5.74, 6) is -1.87. The van der Waals surface area contributed by atoms with E-state index in [1.54, 1.807) is 0 Å². The van der Waals surface area contributed by atoms with Crippen LogP contribution in [0, 0.1) is 5.82 Å². The zero-order valence-electron chi connectivity index (χ0n) is 21.5. The number of carbonyl (C=O) groups is 1. The number of benzene rings is 1. The van der Waals surface area contributed by atoms with Gasteiger partial charge in [-0.15, -0.1) is 0 Å². The number of nitrogens with zero attached hydrogens (tertiary/aromatic N) is 3. The molecule has 0 aliphatic heterocycles. The Bertz CT molecular complexity index is 1140. The number of aromatic nitrogens is 2. The molecule has 184 valence electrons. The summed E-state index contributed by atoms with van der Waals surface area (Å²) in [5.41, 5.74) is 1.80. The maximum atomic E-state index is 13.5. The van der Waals surface area contributed by atoms with Crippen LogP contribution in [0.2, 0.25) is 0 Å². The van der Waals surface area contributed by atoms with Crippen molar-refractivity contribution in [2.24, 2.45) is 0 Å². The zero-order valence-corrected chi connectivity index (χ0v) is 22.5. The Morgan fingerprint density at radius 3 is 2.29 bits per heavy atom. The minimum absolute atomic E-state index is 0. The summed E-state index contributed by atoms with van der Waals surface area (Å²) in [4.78, 5) is 19.6. The molecule has 1 aromatic carbocycles. The van der Waals surface area contributed by atoms with Gasteiger partial charge in [0.2, 0.25) is 16.0 Å². The predicted molar refractivity (Wildman–Crippen MR) is 131 cm³/mol. The second-order valence-corrected chi connectivity index (χ2v) is 9.99. The fourth-order valence-electron chi connectivity index (χ4n) is 3.05. The summed E-state index contributed by atoms with van der Waals surface area (Å²) in [6.07, 6.45) is 0.860. The predicted octanol–water partition coefficient (Wildman–Crippen LogP) is 2.25. The molecule has 0 spiro atoms. The van der Waals surface area contributed by atoms with Crippen LogP contribution < -0.4 is 4.31 Å². The van der Waals surface area contributed by atoms with Crippen molar-refractivity contribution >= 4 is 65.8 Å². The van der Waals surface area contributed by atoms with Crippen LogP contribution >= 0.6 is 0 Å². The average molecular weight is 524 g/mol. The molecule has 2 atom stereocenters. The van der Waals surface area contributed by atoms with Crippen molar-refractivity contribution in [3.05, 3.63) is 47.4 Å². The van der Waals surface area contributed by atoms with Crippen molar-refractivity contribution in [3.63, 3.8) is 0 Å². The van der Waals surface area contributed by atoms with E-state index in [2.05, 4.69) is 9.97 Å². The summed E-state index contributed by atoms with van der Waals surface area (Å²) in [5, 5.41) is 28.8. The molecule has 9 nitrogen and oxygen atoms in total. The van der Waals surface area contributed by atoms with Gasteiger partial charge in [0.15, 0.2) is 0 Å². The number of sulfonamides is 1. The smallest absolute Gasteiger partial charge is 1.00 e. The van der Waals surface area contributed by atoms with Gasteiger partial charge in [-0.05, 0) is 30.2 Å². The average Bonchev–Trinajstić information content (AvgIpc) is 2.70. The molecule has 0 amide bonds. The van der Waals surface area contributed by atoms with Crippen LogP contribution in [0.25, 0.3) is 17.3 Å². The molecule has 1 heterocycles. The Morgan fingerprint density at radius 1 is 1.21 bits per heavy atom. The van der Waals surface area contributed by atoms with Crippen LogP contribution in [0.4, 0.5) is 10.3 Å². The largest absolute Gasteiger partial charge is 2.00 e. The van der Waals surface area contributed by atoms with Crippen LogP contribution in [0.15, 0.2) is 30.3 Å². The summed E-state index contributed by atoms with van der Waals surface area (Å²) >= 11 is 0. The number of aliphatic carboxylic acids is 1. The van der Waals surface area contributed by atoms with Gasteiger partial charge in [-0.1, -0.05) is 26.0 Å². The third kappa shape index (κ3) is 8.54. The molecular weight excluding hydrogens is 493 g/mol. The van der Waals surface area contributed by atoms with E-state index in [9.17, 15) is 27.8 Å². The topological polar surface area (TPSA) is 141 Å². The molecule has 0 radical (unpaired) electrons. The van der Waals surface area contributed by atoms with E-state index in [0.29, 0.717) is 22.5 Å². The number of carboxylic acid groups (broad SMARTS) is 1. The van der Waals surface area contributed by atoms with Crippen molar-refractivity contribution < 1.29 is 35.8 Å². The Balaban J connectivity index is 0. The fraction of sp³-hybridized carbons (Fsp3) is 0.409. The number of aliphatic hydroxyl groups excluding tert-OH is 2. The molecule has 2 aromatic rings. The summed E-state index contributed by atoms with van der Waals surface area (Å²) in [6, 6.07) is 5.49. The number of hydrogen-bond donors (Lipinski definition) is 3. The summed E-state index contributed by atoms with van der Waals surface area (Å²) < 4.78 is 38.6. The van der Waals surface area contributed by atoms with Crippen molar-refractivity contribution in [1.29, 1.82) is 0 Å². The molecule has 0 aliphatic carbocycles. The maximum absolute atomic E-state index is 13.5. The van der Waals surface area contributed by atoms with Crippen molar-refractivity contribution in [2.75, 3.05) is 17.6 Å². The molecule has 0 saturated heterocycles. The van der Waals surface area contributed by atoms with Crippen molar-refractivity contribution in [2.45, 2.75) is 44.8 Å². The summed E-state index contributed by atoms with van der Waals surface area (Å²) in [7, 11) is -2.33. The Kier molecular flexibility index (Phi) is 11.5. The number of rotatable bonds is 10. The first-order valence-electron chi connectivity index (χ1n) is 10.2. The van der Waals surface area contributed by atoms with Gasteiger partial charge < -0.3 is 18.2 Å². The van der Waals surface area contributed by atoms with Crippen molar-refractivity contribution in [3.8, 4) is 11.3 Å². The molecule has 34 heavy (non-hydrogen) atoms. The van der Waals surface area contributed by atoms with Crippen molar-refractivity contribution in [1.82, 2.24) is 9.97 Å². The van der Waals surface area contributed by atoms with Gasteiger partial charge in [-0.3, -0.25) is 4.79 Å². The van der Waals surface area contributed by atoms with Gasteiger partial charge in [0.1, 0.15) is 5.82 Å². The van der Waals surface area contributed by atoms with Gasteiger partial charge in [0, 0.05) is 24.6 Å². The number of halogens is 1. The first kappa shape index (κ1) is 30.4. The van der Waals surface area contributed by atoms with Crippen LogP contribution in [0.3, 0.4) is 0 Å². The molecule has 3 N–H and O–H groups in total. The van der Waals surface area contributed by atoms with Crippen LogP contribution in [0.1, 0.15) is 46.7 Å². The molecule has 2 unspecified atom stereocenters. The minimum atomic E-state index is -3.65. The molecule has 0 saturated carbocycles. The van der Waals surface area contributed by atoms with Crippen LogP contribution in [-0.2, 0) is 14.8 Å².